The second-order valence-corrected chi connectivity index (χ2v) is 11.4. The lowest BCUT2D eigenvalue weighted by molar-refractivity contribution is -0.122. The third-order valence-electron chi connectivity index (χ3n) is 7.93. The second-order valence-electron chi connectivity index (χ2n) is 11.4. The van der Waals surface area contributed by atoms with Crippen molar-refractivity contribution in [3.8, 4) is 11.6 Å². The molecule has 12 heteroatoms. The van der Waals surface area contributed by atoms with E-state index in [1.807, 2.05) is 20.8 Å². The Bertz CT molecular complexity index is 1160. The highest BCUT2D eigenvalue weighted by molar-refractivity contribution is 5.97. The lowest BCUT2D eigenvalue weighted by Gasteiger charge is -2.53. The molecule has 1 amide bonds. The van der Waals surface area contributed by atoms with E-state index in [2.05, 4.69) is 38.8 Å². The molecule has 0 bridgehead atoms. The molecule has 1 spiro atoms. The van der Waals surface area contributed by atoms with Crippen molar-refractivity contribution in [1.29, 1.82) is 0 Å². The minimum Gasteiger partial charge on any atom is -0.483 e. The van der Waals surface area contributed by atoms with Crippen molar-refractivity contribution in [3.05, 3.63) is 35.9 Å². The molecule has 2 aromatic rings. The summed E-state index contributed by atoms with van der Waals surface area (Å²) in [7, 11) is 0. The molecule has 1 aromatic carbocycles. The summed E-state index contributed by atoms with van der Waals surface area (Å²) in [5.74, 6) is 0.853. The van der Waals surface area contributed by atoms with Gasteiger partial charge in [0.05, 0.1) is 5.56 Å². The Kier molecular flexibility index (Phi) is 11.4. The maximum absolute atomic E-state index is 14.2. The molecule has 0 saturated carbocycles. The Morgan fingerprint density at radius 2 is 1.98 bits per heavy atom. The Balaban J connectivity index is 0.00000147. The van der Waals surface area contributed by atoms with Crippen LogP contribution in [0.1, 0.15) is 64.2 Å². The van der Waals surface area contributed by atoms with E-state index in [4.69, 9.17) is 20.4 Å². The van der Waals surface area contributed by atoms with Crippen LogP contribution in [0.25, 0.3) is 0 Å². The van der Waals surface area contributed by atoms with E-state index < -0.39 is 5.82 Å². The molecule has 226 valence electrons. The van der Waals surface area contributed by atoms with Gasteiger partial charge in [0.2, 0.25) is 0 Å². The zero-order chi connectivity index (χ0) is 30.2. The Hall–Kier alpha value is -3.38. The van der Waals surface area contributed by atoms with Gasteiger partial charge in [-0.05, 0) is 70.7 Å². The monoisotopic (exact) mass is 573 g/mol. The number of nitrogens with two attached hydrogens (primary N) is 1. The van der Waals surface area contributed by atoms with Gasteiger partial charge in [-0.1, -0.05) is 13.8 Å². The predicted octanol–water partition coefficient (Wildman–Crippen LogP) is 3.65. The third-order valence-corrected chi connectivity index (χ3v) is 7.93. The largest absolute Gasteiger partial charge is 0.483 e. The number of ether oxygens (including phenoxy) is 1. The lowest BCUT2D eigenvalue weighted by atomic mass is 9.76. The van der Waals surface area contributed by atoms with Crippen molar-refractivity contribution in [2.75, 3.05) is 44.2 Å². The highest BCUT2D eigenvalue weighted by Gasteiger charge is 2.50. The van der Waals surface area contributed by atoms with Crippen molar-refractivity contribution >= 4 is 18.2 Å². The molecule has 2 fully saturated rings. The van der Waals surface area contributed by atoms with E-state index in [0.717, 1.165) is 52.0 Å². The van der Waals surface area contributed by atoms with Crippen LogP contribution in [0.5, 0.6) is 11.6 Å². The SMILES string of the molecule is CCN(C(=O)c1cc(F)ccc1Oc1nncnc1N1CCC2(C1)CN([C@H](CCCN)C(C)C)C2)C(C)C.O=CO. The molecule has 3 N–H and O–H groups in total. The van der Waals surface area contributed by atoms with Gasteiger partial charge in [0.25, 0.3) is 18.3 Å². The van der Waals surface area contributed by atoms with E-state index in [0.29, 0.717) is 24.3 Å². The number of benzene rings is 1. The lowest BCUT2D eigenvalue weighted by Crippen LogP contribution is -2.62. The average Bonchev–Trinajstić information content (AvgIpc) is 3.36. The molecular formula is C29H44FN7O4. The molecule has 11 nitrogen and oxygen atoms in total. The Morgan fingerprint density at radius 3 is 2.59 bits per heavy atom. The van der Waals surface area contributed by atoms with Crippen molar-refractivity contribution < 1.29 is 23.8 Å². The number of carboxylic acid groups (broad SMARTS) is 1. The van der Waals surface area contributed by atoms with E-state index in [1.165, 1.54) is 24.5 Å². The molecule has 41 heavy (non-hydrogen) atoms. The van der Waals surface area contributed by atoms with Crippen LogP contribution in [0.2, 0.25) is 0 Å². The van der Waals surface area contributed by atoms with Gasteiger partial charge in [-0.15, -0.1) is 10.2 Å². The van der Waals surface area contributed by atoms with Crippen LogP contribution >= 0.6 is 0 Å². The van der Waals surface area contributed by atoms with Crippen LogP contribution in [0.4, 0.5) is 10.2 Å². The Labute approximate surface area is 241 Å². The number of hydrogen-bond acceptors (Lipinski definition) is 9. The molecule has 0 unspecified atom stereocenters. The Morgan fingerprint density at radius 1 is 1.27 bits per heavy atom. The van der Waals surface area contributed by atoms with E-state index >= 15 is 0 Å². The van der Waals surface area contributed by atoms with Gasteiger partial charge in [-0.2, -0.15) is 0 Å². The summed E-state index contributed by atoms with van der Waals surface area (Å²) in [4.78, 5) is 32.6. The number of carbonyl (C=O) groups is 2. The standard InChI is InChI=1S/C28H42FN7O2.CH2O2/c1-6-36(20(4)5)27(37)22-14-21(29)9-10-24(22)38-26-25(31-18-32-33-26)34-13-11-28(15-34)16-35(17-28)23(19(2)3)8-7-12-30;2-1-3/h9-10,14,18-20,23H,6-8,11-13,15-17,30H2,1-5H3;1H,(H,2,3)/t23-;/m1./s1. The summed E-state index contributed by atoms with van der Waals surface area (Å²) in [5, 5.41) is 15.0. The zero-order valence-electron chi connectivity index (χ0n) is 24.8. The maximum atomic E-state index is 14.2. The van der Waals surface area contributed by atoms with Gasteiger partial charge in [0.15, 0.2) is 5.82 Å². The quantitative estimate of drug-likeness (QED) is 0.383. The molecule has 2 saturated heterocycles. The summed E-state index contributed by atoms with van der Waals surface area (Å²) < 4.78 is 20.3. The minimum atomic E-state index is -0.500. The third kappa shape index (κ3) is 7.68. The summed E-state index contributed by atoms with van der Waals surface area (Å²) in [6.45, 7) is 15.1. The smallest absolute Gasteiger partial charge is 0.290 e. The fourth-order valence-corrected chi connectivity index (χ4v) is 5.99. The highest BCUT2D eigenvalue weighted by atomic mass is 19.1. The van der Waals surface area contributed by atoms with Gasteiger partial charge < -0.3 is 25.4 Å². The van der Waals surface area contributed by atoms with Crippen LogP contribution in [-0.4, -0.2) is 93.8 Å². The first-order valence-electron chi connectivity index (χ1n) is 14.3. The van der Waals surface area contributed by atoms with Gasteiger partial charge in [0.1, 0.15) is 17.9 Å². The summed E-state index contributed by atoms with van der Waals surface area (Å²) in [6.07, 6.45) is 4.66. The van der Waals surface area contributed by atoms with Crippen LogP contribution in [0.15, 0.2) is 24.5 Å². The van der Waals surface area contributed by atoms with Gasteiger partial charge in [0, 0.05) is 50.2 Å². The molecule has 2 aliphatic rings. The number of nitrogens with zero attached hydrogens (tertiary/aromatic N) is 6. The van der Waals surface area contributed by atoms with E-state index in [9.17, 15) is 9.18 Å². The van der Waals surface area contributed by atoms with Crippen LogP contribution < -0.4 is 15.4 Å². The number of aromatic nitrogens is 3. The van der Waals surface area contributed by atoms with E-state index in [1.54, 1.807) is 4.90 Å². The molecule has 4 rings (SSSR count). The molecular weight excluding hydrogens is 529 g/mol. The first-order chi connectivity index (χ1) is 19.6. The highest BCUT2D eigenvalue weighted by Crippen LogP contribution is 2.44. The summed E-state index contributed by atoms with van der Waals surface area (Å²) >= 11 is 0. The van der Waals surface area contributed by atoms with Crippen molar-refractivity contribution in [2.45, 2.75) is 66.0 Å². The summed E-state index contributed by atoms with van der Waals surface area (Å²) in [5.41, 5.74) is 6.15. The number of amides is 1. The van der Waals surface area contributed by atoms with Crippen LogP contribution in [0.3, 0.4) is 0 Å². The van der Waals surface area contributed by atoms with Crippen molar-refractivity contribution in [1.82, 2.24) is 25.0 Å². The average molecular weight is 574 g/mol. The minimum absolute atomic E-state index is 0.0363. The molecule has 0 radical (unpaired) electrons. The zero-order valence-corrected chi connectivity index (χ0v) is 24.8. The number of halogens is 1. The second kappa shape index (κ2) is 14.5. The van der Waals surface area contributed by atoms with Crippen LogP contribution in [-0.2, 0) is 4.79 Å². The fourth-order valence-electron chi connectivity index (χ4n) is 5.99. The fraction of sp³-hybridized carbons (Fsp3) is 0.621. The maximum Gasteiger partial charge on any atom is 0.290 e. The molecule has 3 heterocycles. The number of carbonyl (C=O) groups excluding carboxylic acids is 1. The first-order valence-corrected chi connectivity index (χ1v) is 14.3. The number of likely N-dealkylation sites (tertiary alicyclic amines) is 1. The molecule has 1 atom stereocenters. The van der Waals surface area contributed by atoms with Gasteiger partial charge in [-0.25, -0.2) is 9.37 Å². The number of rotatable bonds is 11. The van der Waals surface area contributed by atoms with Crippen molar-refractivity contribution in [2.24, 2.45) is 17.1 Å². The first kappa shape index (κ1) is 32.1. The normalized spacial score (nSPS) is 16.8. The number of hydrogen-bond donors (Lipinski definition) is 2. The molecule has 0 aliphatic carbocycles. The van der Waals surface area contributed by atoms with E-state index in [-0.39, 0.29) is 41.0 Å². The van der Waals surface area contributed by atoms with Crippen LogP contribution in [0, 0.1) is 17.2 Å². The number of anilines is 1. The predicted molar refractivity (Wildman–Crippen MR) is 155 cm³/mol. The van der Waals surface area contributed by atoms with Gasteiger partial charge in [-0.3, -0.25) is 14.5 Å². The summed E-state index contributed by atoms with van der Waals surface area (Å²) in [6, 6.07) is 4.49. The topological polar surface area (TPSA) is 138 Å². The van der Waals surface area contributed by atoms with Gasteiger partial charge >= 0.3 is 0 Å². The molecule has 2 aliphatic heterocycles. The van der Waals surface area contributed by atoms with Crippen molar-refractivity contribution in [3.63, 3.8) is 0 Å². The molecule has 1 aromatic heterocycles.